The van der Waals surface area contributed by atoms with Crippen molar-refractivity contribution in [2.24, 2.45) is 5.92 Å². The number of anilines is 1. The van der Waals surface area contributed by atoms with Crippen molar-refractivity contribution in [3.8, 4) is 0 Å². The summed E-state index contributed by atoms with van der Waals surface area (Å²) in [5.74, 6) is -0.667. The molecule has 1 fully saturated rings. The fraction of sp³-hybridized carbons (Fsp3) is 0.467. The summed E-state index contributed by atoms with van der Waals surface area (Å²) in [6.07, 6.45) is 1.51. The maximum atomic E-state index is 12.8. The normalized spacial score (nSPS) is 18.4. The van der Waals surface area contributed by atoms with Gasteiger partial charge in [0.05, 0.1) is 0 Å². The number of hydrogen-bond acceptors (Lipinski definition) is 2. The maximum Gasteiger partial charge on any atom is 0.247 e. The minimum atomic E-state index is -0.421. The third-order valence-corrected chi connectivity index (χ3v) is 3.44. The van der Waals surface area contributed by atoms with Crippen LogP contribution in [-0.2, 0) is 9.59 Å². The summed E-state index contributed by atoms with van der Waals surface area (Å²) >= 11 is 0. The Balaban J connectivity index is 2.04. The molecule has 1 aliphatic heterocycles. The van der Waals surface area contributed by atoms with Crippen molar-refractivity contribution in [1.82, 2.24) is 4.90 Å². The summed E-state index contributed by atoms with van der Waals surface area (Å²) in [4.78, 5) is 25.9. The minimum Gasteiger partial charge on any atom is -0.330 e. The summed E-state index contributed by atoms with van der Waals surface area (Å²) in [5.41, 5.74) is 0.542. The van der Waals surface area contributed by atoms with Crippen LogP contribution in [0, 0.1) is 11.7 Å². The van der Waals surface area contributed by atoms with E-state index in [1.165, 1.54) is 24.3 Å². The van der Waals surface area contributed by atoms with Crippen LogP contribution in [0.1, 0.15) is 26.7 Å². The van der Waals surface area contributed by atoms with Gasteiger partial charge in [-0.2, -0.15) is 0 Å². The van der Waals surface area contributed by atoms with Gasteiger partial charge in [-0.1, -0.05) is 13.8 Å². The van der Waals surface area contributed by atoms with Gasteiger partial charge < -0.3 is 10.2 Å². The number of rotatable bonds is 3. The number of likely N-dealkylation sites (tertiary alicyclic amines) is 1. The van der Waals surface area contributed by atoms with E-state index in [4.69, 9.17) is 0 Å². The Labute approximate surface area is 118 Å². The number of nitrogens with one attached hydrogen (secondary N) is 1. The molecule has 1 N–H and O–H groups in total. The molecule has 1 aromatic rings. The number of carbonyl (C=O) groups is 2. The zero-order chi connectivity index (χ0) is 14.7. The summed E-state index contributed by atoms with van der Waals surface area (Å²) in [6, 6.07) is 5.19. The lowest BCUT2D eigenvalue weighted by molar-refractivity contribution is -0.139. The van der Waals surface area contributed by atoms with Gasteiger partial charge in [-0.15, -0.1) is 0 Å². The van der Waals surface area contributed by atoms with Gasteiger partial charge in [0.2, 0.25) is 11.8 Å². The number of carbonyl (C=O) groups excluding carboxylic acids is 2. The second-order valence-corrected chi connectivity index (χ2v) is 5.34. The lowest BCUT2D eigenvalue weighted by atomic mass is 10.1. The number of benzene rings is 1. The average molecular weight is 278 g/mol. The second-order valence-electron chi connectivity index (χ2n) is 5.34. The molecule has 0 radical (unpaired) electrons. The molecule has 1 heterocycles. The standard InChI is InChI=1S/C15H19FN2O2/c1-10(2)15(20)18-9-3-4-13(18)14(19)17-12-7-5-11(16)6-8-12/h5-8,10,13H,3-4,9H2,1-2H3,(H,17,19). The van der Waals surface area contributed by atoms with Crippen LogP contribution in [0.4, 0.5) is 10.1 Å². The highest BCUT2D eigenvalue weighted by Crippen LogP contribution is 2.21. The quantitative estimate of drug-likeness (QED) is 0.923. The minimum absolute atomic E-state index is 0.00163. The lowest BCUT2D eigenvalue weighted by Crippen LogP contribution is -2.44. The Morgan fingerprint density at radius 3 is 2.55 bits per heavy atom. The number of hydrogen-bond donors (Lipinski definition) is 1. The summed E-state index contributed by atoms with van der Waals surface area (Å²) < 4.78 is 12.8. The molecule has 0 bridgehead atoms. The molecule has 1 aliphatic rings. The summed E-state index contributed by atoms with van der Waals surface area (Å²) in [6.45, 7) is 4.28. The zero-order valence-electron chi connectivity index (χ0n) is 11.7. The molecule has 2 rings (SSSR count). The van der Waals surface area contributed by atoms with E-state index in [1.54, 1.807) is 4.90 Å². The Bertz CT molecular complexity index is 499. The van der Waals surface area contributed by atoms with E-state index in [1.807, 2.05) is 13.8 Å². The van der Waals surface area contributed by atoms with Crippen LogP contribution < -0.4 is 5.32 Å². The van der Waals surface area contributed by atoms with Crippen molar-refractivity contribution in [2.75, 3.05) is 11.9 Å². The van der Waals surface area contributed by atoms with Crippen molar-refractivity contribution in [2.45, 2.75) is 32.7 Å². The van der Waals surface area contributed by atoms with E-state index >= 15 is 0 Å². The topological polar surface area (TPSA) is 49.4 Å². The molecular weight excluding hydrogens is 259 g/mol. The number of halogens is 1. The molecule has 108 valence electrons. The highest BCUT2D eigenvalue weighted by Gasteiger charge is 2.34. The molecule has 0 spiro atoms. The van der Waals surface area contributed by atoms with Crippen LogP contribution in [0.15, 0.2) is 24.3 Å². The van der Waals surface area contributed by atoms with Gasteiger partial charge in [0.15, 0.2) is 0 Å². The third kappa shape index (κ3) is 3.15. The van der Waals surface area contributed by atoms with Crippen molar-refractivity contribution < 1.29 is 14.0 Å². The van der Waals surface area contributed by atoms with E-state index in [2.05, 4.69) is 5.32 Å². The molecule has 20 heavy (non-hydrogen) atoms. The second kappa shape index (κ2) is 6.03. The van der Waals surface area contributed by atoms with Gasteiger partial charge in [0.25, 0.3) is 0 Å². The molecule has 5 heteroatoms. The largest absolute Gasteiger partial charge is 0.330 e. The Morgan fingerprint density at radius 2 is 1.95 bits per heavy atom. The first kappa shape index (κ1) is 14.5. The molecule has 4 nitrogen and oxygen atoms in total. The van der Waals surface area contributed by atoms with Crippen molar-refractivity contribution in [3.63, 3.8) is 0 Å². The molecule has 1 aromatic carbocycles. The predicted molar refractivity (Wildman–Crippen MR) is 74.6 cm³/mol. The van der Waals surface area contributed by atoms with E-state index in [-0.39, 0.29) is 23.5 Å². The molecule has 0 aromatic heterocycles. The first-order valence-electron chi connectivity index (χ1n) is 6.86. The van der Waals surface area contributed by atoms with E-state index < -0.39 is 6.04 Å². The molecule has 1 saturated heterocycles. The van der Waals surface area contributed by atoms with Gasteiger partial charge in [-0.3, -0.25) is 9.59 Å². The van der Waals surface area contributed by atoms with Gasteiger partial charge in [-0.25, -0.2) is 4.39 Å². The van der Waals surface area contributed by atoms with E-state index in [0.717, 1.165) is 6.42 Å². The smallest absolute Gasteiger partial charge is 0.247 e. The summed E-state index contributed by atoms with van der Waals surface area (Å²) in [7, 11) is 0. The third-order valence-electron chi connectivity index (χ3n) is 3.44. The van der Waals surface area contributed by atoms with Crippen LogP contribution in [0.2, 0.25) is 0 Å². The molecule has 1 unspecified atom stereocenters. The van der Waals surface area contributed by atoms with E-state index in [9.17, 15) is 14.0 Å². The van der Waals surface area contributed by atoms with Gasteiger partial charge >= 0.3 is 0 Å². The first-order chi connectivity index (χ1) is 9.49. The molecule has 2 amide bonds. The fourth-order valence-corrected chi connectivity index (χ4v) is 2.39. The van der Waals surface area contributed by atoms with E-state index in [0.29, 0.717) is 18.7 Å². The van der Waals surface area contributed by atoms with Crippen LogP contribution in [0.25, 0.3) is 0 Å². The number of amides is 2. The Morgan fingerprint density at radius 1 is 1.30 bits per heavy atom. The maximum absolute atomic E-state index is 12.8. The van der Waals surface area contributed by atoms with Crippen LogP contribution in [-0.4, -0.2) is 29.3 Å². The van der Waals surface area contributed by atoms with Crippen molar-refractivity contribution in [3.05, 3.63) is 30.1 Å². The zero-order valence-corrected chi connectivity index (χ0v) is 11.7. The van der Waals surface area contributed by atoms with Crippen LogP contribution in [0.5, 0.6) is 0 Å². The monoisotopic (exact) mass is 278 g/mol. The molecule has 1 atom stereocenters. The summed E-state index contributed by atoms with van der Waals surface area (Å²) in [5, 5.41) is 2.74. The molecule has 0 aliphatic carbocycles. The van der Waals surface area contributed by atoms with Crippen LogP contribution in [0.3, 0.4) is 0 Å². The van der Waals surface area contributed by atoms with Crippen molar-refractivity contribution in [1.29, 1.82) is 0 Å². The Hall–Kier alpha value is -1.91. The van der Waals surface area contributed by atoms with Gasteiger partial charge in [0, 0.05) is 18.2 Å². The lowest BCUT2D eigenvalue weighted by Gasteiger charge is -2.25. The Kier molecular flexibility index (Phi) is 4.37. The molecule has 0 saturated carbocycles. The first-order valence-corrected chi connectivity index (χ1v) is 6.86. The van der Waals surface area contributed by atoms with Gasteiger partial charge in [0.1, 0.15) is 11.9 Å². The average Bonchev–Trinajstić information content (AvgIpc) is 2.89. The SMILES string of the molecule is CC(C)C(=O)N1CCCC1C(=O)Nc1ccc(F)cc1. The molecular formula is C15H19FN2O2. The van der Waals surface area contributed by atoms with Crippen LogP contribution >= 0.6 is 0 Å². The fourth-order valence-electron chi connectivity index (χ4n) is 2.39. The highest BCUT2D eigenvalue weighted by atomic mass is 19.1. The highest BCUT2D eigenvalue weighted by molar-refractivity contribution is 5.97. The predicted octanol–water partition coefficient (Wildman–Crippen LogP) is 2.41. The number of nitrogens with zero attached hydrogens (tertiary/aromatic N) is 1. The van der Waals surface area contributed by atoms with Gasteiger partial charge in [-0.05, 0) is 37.1 Å². The van der Waals surface area contributed by atoms with Crippen molar-refractivity contribution >= 4 is 17.5 Å².